The van der Waals surface area contributed by atoms with Crippen LogP contribution in [0.3, 0.4) is 0 Å². The highest BCUT2D eigenvalue weighted by molar-refractivity contribution is 6.36. The zero-order valence-corrected chi connectivity index (χ0v) is 19.8. The van der Waals surface area contributed by atoms with Crippen molar-refractivity contribution in [2.24, 2.45) is 7.05 Å². The Kier molecular flexibility index (Phi) is 6.30. The van der Waals surface area contributed by atoms with Crippen LogP contribution in [0.15, 0.2) is 18.3 Å². The van der Waals surface area contributed by atoms with Gasteiger partial charge in [0.1, 0.15) is 5.15 Å². The van der Waals surface area contributed by atoms with Crippen LogP contribution >= 0.6 is 23.2 Å². The van der Waals surface area contributed by atoms with Crippen molar-refractivity contribution in [3.8, 4) is 0 Å². The Morgan fingerprint density at radius 1 is 1.16 bits per heavy atom. The first-order chi connectivity index (χ1) is 14.6. The second-order valence-corrected chi connectivity index (χ2v) is 9.71. The number of rotatable bonds is 4. The predicted octanol–water partition coefficient (Wildman–Crippen LogP) is 6.72. The summed E-state index contributed by atoms with van der Waals surface area (Å²) in [5, 5.41) is 10.4. The largest absolute Gasteiger partial charge is 0.481 e. The standard InChI is InChI=1S/C23H23Cl2F3N2O2/c1-11-6-13(23(26,27)28)8-16-18(11)12(10-30(16)5)7-15-19(24)14(9-17(31)32)20(22(2,3)4)29-21(15)25/h6,8,10H,7,9H2,1-5H3,(H,31,32). The molecule has 172 valence electrons. The van der Waals surface area contributed by atoms with Gasteiger partial charge in [-0.3, -0.25) is 4.79 Å². The van der Waals surface area contributed by atoms with Crippen LogP contribution in [0.1, 0.15) is 54.3 Å². The van der Waals surface area contributed by atoms with E-state index in [2.05, 4.69) is 4.98 Å². The van der Waals surface area contributed by atoms with Gasteiger partial charge in [-0.1, -0.05) is 44.0 Å². The van der Waals surface area contributed by atoms with E-state index in [-0.39, 0.29) is 23.0 Å². The van der Waals surface area contributed by atoms with Crippen LogP contribution in [0, 0.1) is 6.92 Å². The number of halogens is 5. The van der Waals surface area contributed by atoms with E-state index in [1.54, 1.807) is 24.7 Å². The van der Waals surface area contributed by atoms with Crippen LogP contribution in [-0.2, 0) is 36.3 Å². The maximum absolute atomic E-state index is 13.3. The number of pyridine rings is 1. The first-order valence-corrected chi connectivity index (χ1v) is 10.6. The fraction of sp³-hybridized carbons (Fsp3) is 0.391. The summed E-state index contributed by atoms with van der Waals surface area (Å²) < 4.78 is 41.4. The minimum atomic E-state index is -4.45. The van der Waals surface area contributed by atoms with E-state index >= 15 is 0 Å². The molecule has 0 unspecified atom stereocenters. The molecule has 9 heteroatoms. The van der Waals surface area contributed by atoms with Crippen molar-refractivity contribution in [2.75, 3.05) is 0 Å². The van der Waals surface area contributed by atoms with Crippen molar-refractivity contribution in [1.29, 1.82) is 0 Å². The van der Waals surface area contributed by atoms with E-state index in [9.17, 15) is 23.1 Å². The maximum Gasteiger partial charge on any atom is 0.416 e. The molecule has 1 N–H and O–H groups in total. The SMILES string of the molecule is Cc1cc(C(F)(F)F)cc2c1c(Cc1c(Cl)nc(C(C)(C)C)c(CC(=O)O)c1Cl)cn2C. The molecule has 0 saturated heterocycles. The molecule has 2 aromatic heterocycles. The monoisotopic (exact) mass is 486 g/mol. The minimum Gasteiger partial charge on any atom is -0.481 e. The van der Waals surface area contributed by atoms with Crippen molar-refractivity contribution in [3.63, 3.8) is 0 Å². The Morgan fingerprint density at radius 3 is 2.31 bits per heavy atom. The first kappa shape index (κ1) is 24.4. The van der Waals surface area contributed by atoms with Gasteiger partial charge < -0.3 is 9.67 Å². The lowest BCUT2D eigenvalue weighted by molar-refractivity contribution is -0.138. The molecule has 1 aromatic carbocycles. The Bertz CT molecular complexity index is 1230. The number of nitrogens with zero attached hydrogens (tertiary/aromatic N) is 2. The van der Waals surface area contributed by atoms with Crippen LogP contribution in [-0.4, -0.2) is 20.6 Å². The summed E-state index contributed by atoms with van der Waals surface area (Å²) in [5.41, 5.74) is 1.78. The predicted molar refractivity (Wildman–Crippen MR) is 120 cm³/mol. The fourth-order valence-corrected chi connectivity index (χ4v) is 4.62. The van der Waals surface area contributed by atoms with E-state index < -0.39 is 23.1 Å². The number of benzene rings is 1. The lowest BCUT2D eigenvalue weighted by Gasteiger charge is -2.24. The van der Waals surface area contributed by atoms with Gasteiger partial charge in [-0.25, -0.2) is 4.98 Å². The third kappa shape index (κ3) is 4.59. The molecule has 0 radical (unpaired) electrons. The number of hydrogen-bond acceptors (Lipinski definition) is 2. The van der Waals surface area contributed by atoms with Gasteiger partial charge in [-0.05, 0) is 30.2 Å². The number of carboxylic acids is 1. The molecule has 3 rings (SSSR count). The van der Waals surface area contributed by atoms with E-state index in [0.717, 1.165) is 17.7 Å². The number of aliphatic carboxylic acids is 1. The lowest BCUT2D eigenvalue weighted by atomic mass is 9.86. The topological polar surface area (TPSA) is 55.1 Å². The van der Waals surface area contributed by atoms with Crippen molar-refractivity contribution >= 4 is 40.1 Å². The van der Waals surface area contributed by atoms with Crippen LogP contribution in [0.25, 0.3) is 10.9 Å². The summed E-state index contributed by atoms with van der Waals surface area (Å²) >= 11 is 13.1. The second-order valence-electron chi connectivity index (χ2n) is 8.97. The van der Waals surface area contributed by atoms with Crippen molar-refractivity contribution in [2.45, 2.75) is 52.1 Å². The number of aromatic nitrogens is 2. The number of hydrogen-bond donors (Lipinski definition) is 1. The first-order valence-electron chi connectivity index (χ1n) is 9.86. The quantitative estimate of drug-likeness (QED) is 0.416. The van der Waals surface area contributed by atoms with Crippen molar-refractivity contribution < 1.29 is 23.1 Å². The summed E-state index contributed by atoms with van der Waals surface area (Å²) in [6.45, 7) is 7.29. The molecule has 0 aliphatic rings. The molecule has 0 saturated carbocycles. The Hall–Kier alpha value is -2.25. The molecular formula is C23H23Cl2F3N2O2. The summed E-state index contributed by atoms with van der Waals surface area (Å²) in [7, 11) is 1.67. The third-order valence-corrected chi connectivity index (χ3v) is 6.14. The molecule has 0 spiro atoms. The number of carboxylic acid groups (broad SMARTS) is 1. The highest BCUT2D eigenvalue weighted by Crippen LogP contribution is 2.39. The smallest absolute Gasteiger partial charge is 0.416 e. The van der Waals surface area contributed by atoms with Gasteiger partial charge in [0, 0.05) is 47.1 Å². The van der Waals surface area contributed by atoms with E-state index in [4.69, 9.17) is 23.2 Å². The molecule has 0 bridgehead atoms. The average Bonchev–Trinajstić information content (AvgIpc) is 2.95. The molecule has 0 atom stereocenters. The zero-order valence-electron chi connectivity index (χ0n) is 18.3. The molecule has 4 nitrogen and oxygen atoms in total. The van der Waals surface area contributed by atoms with Crippen LogP contribution in [0.5, 0.6) is 0 Å². The molecule has 0 amide bonds. The van der Waals surface area contributed by atoms with Gasteiger partial charge in [0.15, 0.2) is 0 Å². The van der Waals surface area contributed by atoms with Gasteiger partial charge in [0.2, 0.25) is 0 Å². The molecule has 0 aliphatic carbocycles. The number of carbonyl (C=O) groups is 1. The van der Waals surface area contributed by atoms with Gasteiger partial charge in [0.05, 0.1) is 22.7 Å². The van der Waals surface area contributed by atoms with Crippen LogP contribution in [0.4, 0.5) is 13.2 Å². The number of fused-ring (bicyclic) bond motifs is 1. The maximum atomic E-state index is 13.3. The summed E-state index contributed by atoms with van der Waals surface area (Å²) in [4.78, 5) is 15.9. The second kappa shape index (κ2) is 8.27. The molecule has 32 heavy (non-hydrogen) atoms. The van der Waals surface area contributed by atoms with Crippen molar-refractivity contribution in [3.05, 3.63) is 62.0 Å². The molecule has 3 aromatic rings. The van der Waals surface area contributed by atoms with Gasteiger partial charge in [0.25, 0.3) is 0 Å². The third-order valence-electron chi connectivity index (χ3n) is 5.37. The van der Waals surface area contributed by atoms with Gasteiger partial charge >= 0.3 is 12.1 Å². The summed E-state index contributed by atoms with van der Waals surface area (Å²) in [6, 6.07) is 2.23. The van der Waals surface area contributed by atoms with Gasteiger partial charge in [-0.15, -0.1) is 0 Å². The lowest BCUT2D eigenvalue weighted by Crippen LogP contribution is -2.20. The fourth-order valence-electron chi connectivity index (χ4n) is 4.01. The van der Waals surface area contributed by atoms with E-state index in [1.807, 2.05) is 20.8 Å². The van der Waals surface area contributed by atoms with E-state index in [0.29, 0.717) is 33.3 Å². The Balaban J connectivity index is 2.20. The summed E-state index contributed by atoms with van der Waals surface area (Å²) in [6.07, 6.45) is -2.83. The minimum absolute atomic E-state index is 0.149. The average molecular weight is 487 g/mol. The number of alkyl halides is 3. The Labute approximate surface area is 194 Å². The van der Waals surface area contributed by atoms with Crippen LogP contribution < -0.4 is 0 Å². The molecule has 0 aliphatic heterocycles. The molecule has 0 fully saturated rings. The molecular weight excluding hydrogens is 464 g/mol. The summed E-state index contributed by atoms with van der Waals surface area (Å²) in [5.74, 6) is -1.05. The van der Waals surface area contributed by atoms with Crippen LogP contribution in [0.2, 0.25) is 10.2 Å². The van der Waals surface area contributed by atoms with E-state index in [1.165, 1.54) is 0 Å². The molecule has 2 heterocycles. The zero-order chi connectivity index (χ0) is 24.2. The Morgan fingerprint density at radius 2 is 1.78 bits per heavy atom. The van der Waals surface area contributed by atoms with Crippen molar-refractivity contribution in [1.82, 2.24) is 9.55 Å². The van der Waals surface area contributed by atoms with Gasteiger partial charge in [-0.2, -0.15) is 13.2 Å². The highest BCUT2D eigenvalue weighted by atomic mass is 35.5. The highest BCUT2D eigenvalue weighted by Gasteiger charge is 2.32. The normalized spacial score (nSPS) is 12.6. The number of aryl methyl sites for hydroxylation is 2.